The number of ether oxygens (including phenoxy) is 1. The number of amides is 3. The van der Waals surface area contributed by atoms with Crippen LogP contribution < -0.4 is 10.6 Å². The van der Waals surface area contributed by atoms with Crippen molar-refractivity contribution >= 4 is 17.9 Å². The molecule has 1 rings (SSSR count). The predicted molar refractivity (Wildman–Crippen MR) is 65.7 cm³/mol. The van der Waals surface area contributed by atoms with Crippen molar-refractivity contribution in [2.75, 3.05) is 7.05 Å². The normalized spacial score (nSPS) is 11.6. The number of esters is 1. The SMILES string of the molecule is CNC(=O)NC(=O)[C@H](C)OC(=O)c1cc(C)oc1C. The summed E-state index contributed by atoms with van der Waals surface area (Å²) in [5.41, 5.74) is 0.261. The molecule has 0 saturated carbocycles. The first-order valence-electron chi connectivity index (χ1n) is 5.65. The van der Waals surface area contributed by atoms with E-state index >= 15 is 0 Å². The van der Waals surface area contributed by atoms with Gasteiger partial charge in [0.2, 0.25) is 0 Å². The van der Waals surface area contributed by atoms with Crippen LogP contribution in [0.4, 0.5) is 4.79 Å². The lowest BCUT2D eigenvalue weighted by Gasteiger charge is -2.12. The highest BCUT2D eigenvalue weighted by atomic mass is 16.5. The van der Waals surface area contributed by atoms with Crippen LogP contribution in [0.25, 0.3) is 0 Å². The van der Waals surface area contributed by atoms with Gasteiger partial charge in [0.15, 0.2) is 6.10 Å². The minimum absolute atomic E-state index is 0.261. The van der Waals surface area contributed by atoms with Crippen molar-refractivity contribution in [2.45, 2.75) is 26.9 Å². The third-order valence-electron chi connectivity index (χ3n) is 2.38. The molecule has 1 aromatic heterocycles. The first-order valence-corrected chi connectivity index (χ1v) is 5.65. The van der Waals surface area contributed by atoms with Gasteiger partial charge in [-0.05, 0) is 26.8 Å². The zero-order valence-corrected chi connectivity index (χ0v) is 11.2. The molecule has 0 aliphatic carbocycles. The number of furan rings is 1. The molecule has 0 unspecified atom stereocenters. The van der Waals surface area contributed by atoms with E-state index in [1.54, 1.807) is 13.8 Å². The summed E-state index contributed by atoms with van der Waals surface area (Å²) in [6.07, 6.45) is -1.08. The second-order valence-corrected chi connectivity index (χ2v) is 3.94. The Kier molecular flexibility index (Phi) is 4.68. The van der Waals surface area contributed by atoms with E-state index < -0.39 is 24.0 Å². The standard InChI is InChI=1S/C12H16N2O5/c1-6-5-9(7(2)18-6)11(16)19-8(3)10(15)14-12(17)13-4/h5,8H,1-4H3,(H2,13,14,15,17)/t8-/m0/s1. The van der Waals surface area contributed by atoms with Gasteiger partial charge in [-0.25, -0.2) is 9.59 Å². The molecule has 0 bridgehead atoms. The Bertz CT molecular complexity index is 506. The van der Waals surface area contributed by atoms with Crippen LogP contribution in [0.5, 0.6) is 0 Å². The van der Waals surface area contributed by atoms with Crippen molar-refractivity contribution in [3.8, 4) is 0 Å². The van der Waals surface area contributed by atoms with Crippen LogP contribution in [0.15, 0.2) is 10.5 Å². The Morgan fingerprint density at radius 3 is 2.42 bits per heavy atom. The van der Waals surface area contributed by atoms with Gasteiger partial charge in [0, 0.05) is 7.05 Å². The van der Waals surface area contributed by atoms with Crippen LogP contribution in [0.1, 0.15) is 28.8 Å². The Morgan fingerprint density at radius 1 is 1.32 bits per heavy atom. The van der Waals surface area contributed by atoms with E-state index in [4.69, 9.17) is 9.15 Å². The number of nitrogens with one attached hydrogen (secondary N) is 2. The topological polar surface area (TPSA) is 97.6 Å². The van der Waals surface area contributed by atoms with E-state index in [9.17, 15) is 14.4 Å². The fourth-order valence-corrected chi connectivity index (χ4v) is 1.39. The van der Waals surface area contributed by atoms with Gasteiger partial charge in [0.25, 0.3) is 5.91 Å². The number of rotatable bonds is 3. The van der Waals surface area contributed by atoms with E-state index in [0.29, 0.717) is 11.5 Å². The number of urea groups is 1. The molecule has 1 heterocycles. The highest BCUT2D eigenvalue weighted by Crippen LogP contribution is 2.15. The summed E-state index contributed by atoms with van der Waals surface area (Å²) in [4.78, 5) is 34.2. The number of aryl methyl sites for hydroxylation is 2. The predicted octanol–water partition coefficient (Wildman–Crippen LogP) is 0.897. The van der Waals surface area contributed by atoms with Gasteiger partial charge in [-0.15, -0.1) is 0 Å². The average molecular weight is 268 g/mol. The molecule has 0 aliphatic heterocycles. The molecular weight excluding hydrogens is 252 g/mol. The first kappa shape index (κ1) is 14.7. The van der Waals surface area contributed by atoms with E-state index in [0.717, 1.165) is 0 Å². The minimum Gasteiger partial charge on any atom is -0.466 e. The van der Waals surface area contributed by atoms with Crippen molar-refractivity contribution in [2.24, 2.45) is 0 Å². The van der Waals surface area contributed by atoms with E-state index in [1.165, 1.54) is 20.0 Å². The molecule has 7 nitrogen and oxygen atoms in total. The number of carbonyl (C=O) groups excluding carboxylic acids is 3. The highest BCUT2D eigenvalue weighted by Gasteiger charge is 2.22. The maximum absolute atomic E-state index is 11.8. The van der Waals surface area contributed by atoms with Gasteiger partial charge in [-0.1, -0.05) is 0 Å². The highest BCUT2D eigenvalue weighted by molar-refractivity contribution is 5.98. The third kappa shape index (κ3) is 3.84. The summed E-state index contributed by atoms with van der Waals surface area (Å²) in [5.74, 6) is -0.382. The van der Waals surface area contributed by atoms with E-state index in [2.05, 4.69) is 5.32 Å². The zero-order chi connectivity index (χ0) is 14.6. The number of imide groups is 1. The lowest BCUT2D eigenvalue weighted by atomic mass is 10.2. The monoisotopic (exact) mass is 268 g/mol. The lowest BCUT2D eigenvalue weighted by Crippen LogP contribution is -2.43. The van der Waals surface area contributed by atoms with Gasteiger partial charge < -0.3 is 14.5 Å². The molecule has 0 saturated heterocycles. The van der Waals surface area contributed by atoms with Crippen LogP contribution in [0.3, 0.4) is 0 Å². The molecule has 0 spiro atoms. The zero-order valence-electron chi connectivity index (χ0n) is 11.2. The fourth-order valence-electron chi connectivity index (χ4n) is 1.39. The Hall–Kier alpha value is -2.31. The molecule has 3 amide bonds. The van der Waals surface area contributed by atoms with Gasteiger partial charge in [-0.2, -0.15) is 0 Å². The molecule has 104 valence electrons. The molecule has 0 radical (unpaired) electrons. The Labute approximate surface area is 110 Å². The number of hydrogen-bond donors (Lipinski definition) is 2. The van der Waals surface area contributed by atoms with Crippen molar-refractivity contribution in [3.05, 3.63) is 23.2 Å². The largest absolute Gasteiger partial charge is 0.466 e. The summed E-state index contributed by atoms with van der Waals surface area (Å²) in [7, 11) is 1.37. The van der Waals surface area contributed by atoms with Crippen molar-refractivity contribution in [1.82, 2.24) is 10.6 Å². The van der Waals surface area contributed by atoms with Gasteiger partial charge >= 0.3 is 12.0 Å². The quantitative estimate of drug-likeness (QED) is 0.794. The molecule has 1 atom stereocenters. The molecule has 0 aliphatic rings. The van der Waals surface area contributed by atoms with Crippen molar-refractivity contribution in [1.29, 1.82) is 0 Å². The fraction of sp³-hybridized carbons (Fsp3) is 0.417. The molecule has 2 N–H and O–H groups in total. The van der Waals surface area contributed by atoms with Crippen molar-refractivity contribution < 1.29 is 23.5 Å². The second-order valence-electron chi connectivity index (χ2n) is 3.94. The smallest absolute Gasteiger partial charge is 0.342 e. The van der Waals surface area contributed by atoms with Gasteiger partial charge in [0.1, 0.15) is 17.1 Å². The van der Waals surface area contributed by atoms with Crippen molar-refractivity contribution in [3.63, 3.8) is 0 Å². The second kappa shape index (κ2) is 6.03. The van der Waals surface area contributed by atoms with E-state index in [1.807, 2.05) is 5.32 Å². The molecule has 0 fully saturated rings. The van der Waals surface area contributed by atoms with Crippen LogP contribution in [-0.4, -0.2) is 31.1 Å². The molecule has 0 aromatic carbocycles. The van der Waals surface area contributed by atoms with Crippen LogP contribution in [0.2, 0.25) is 0 Å². The van der Waals surface area contributed by atoms with Crippen LogP contribution >= 0.6 is 0 Å². The maximum Gasteiger partial charge on any atom is 0.342 e. The maximum atomic E-state index is 11.8. The Morgan fingerprint density at radius 2 is 1.95 bits per heavy atom. The molecule has 7 heteroatoms. The van der Waals surface area contributed by atoms with Crippen LogP contribution in [0, 0.1) is 13.8 Å². The molecule has 1 aromatic rings. The lowest BCUT2D eigenvalue weighted by molar-refractivity contribution is -0.127. The summed E-state index contributed by atoms with van der Waals surface area (Å²) in [6, 6.07) is 0.865. The van der Waals surface area contributed by atoms with E-state index in [-0.39, 0.29) is 5.56 Å². The summed E-state index contributed by atoms with van der Waals surface area (Å²) in [5, 5.41) is 4.24. The third-order valence-corrected chi connectivity index (χ3v) is 2.38. The summed E-state index contributed by atoms with van der Waals surface area (Å²) >= 11 is 0. The number of carbonyl (C=O) groups is 3. The van der Waals surface area contributed by atoms with Crippen LogP contribution in [-0.2, 0) is 9.53 Å². The Balaban J connectivity index is 2.64. The number of hydrogen-bond acceptors (Lipinski definition) is 5. The first-order chi connectivity index (χ1) is 8.85. The molecular formula is C12H16N2O5. The average Bonchev–Trinajstić information content (AvgIpc) is 2.68. The summed E-state index contributed by atoms with van der Waals surface area (Å²) in [6.45, 7) is 4.70. The van der Waals surface area contributed by atoms with Gasteiger partial charge in [-0.3, -0.25) is 10.1 Å². The summed E-state index contributed by atoms with van der Waals surface area (Å²) < 4.78 is 10.1. The van der Waals surface area contributed by atoms with Gasteiger partial charge in [0.05, 0.1) is 0 Å². The molecule has 19 heavy (non-hydrogen) atoms. The minimum atomic E-state index is -1.08.